The lowest BCUT2D eigenvalue weighted by Gasteiger charge is -2.13. The standard InChI is InChI=1S/C14H21ClN2O2S/c1-9-3-4-11(5-9)8-17-20(18,19)12-6-10(2)14(15)13(16)7-12/h6-7,9,11,17H,3-5,8,16H2,1-2H3. The molecule has 2 rings (SSSR count). The van der Waals surface area contributed by atoms with Crippen LogP contribution in [0.4, 0.5) is 5.69 Å². The van der Waals surface area contributed by atoms with Crippen LogP contribution in [0.15, 0.2) is 17.0 Å². The Kier molecular flexibility index (Phi) is 4.62. The van der Waals surface area contributed by atoms with Crippen molar-refractivity contribution in [2.75, 3.05) is 12.3 Å². The normalized spacial score (nSPS) is 23.1. The molecular formula is C14H21ClN2O2S. The molecule has 0 heterocycles. The Hall–Kier alpha value is -0.780. The fourth-order valence-corrected chi connectivity index (χ4v) is 4.08. The molecule has 1 aromatic carbocycles. The minimum Gasteiger partial charge on any atom is -0.397 e. The van der Waals surface area contributed by atoms with E-state index in [1.54, 1.807) is 13.0 Å². The van der Waals surface area contributed by atoms with Gasteiger partial charge >= 0.3 is 0 Å². The average molecular weight is 317 g/mol. The van der Waals surface area contributed by atoms with Crippen LogP contribution in [-0.2, 0) is 10.0 Å². The highest BCUT2D eigenvalue weighted by molar-refractivity contribution is 7.89. The summed E-state index contributed by atoms with van der Waals surface area (Å²) < 4.78 is 27.2. The topological polar surface area (TPSA) is 72.2 Å². The molecule has 1 aromatic rings. The molecule has 6 heteroatoms. The smallest absolute Gasteiger partial charge is 0.240 e. The highest BCUT2D eigenvalue weighted by Gasteiger charge is 2.24. The minimum atomic E-state index is -3.52. The maximum Gasteiger partial charge on any atom is 0.240 e. The Balaban J connectivity index is 2.10. The fourth-order valence-electron chi connectivity index (χ4n) is 2.74. The molecule has 0 spiro atoms. The molecule has 112 valence electrons. The molecule has 1 fully saturated rings. The molecule has 0 aromatic heterocycles. The van der Waals surface area contributed by atoms with Crippen molar-refractivity contribution < 1.29 is 8.42 Å². The van der Waals surface area contributed by atoms with Gasteiger partial charge in [0.1, 0.15) is 0 Å². The number of hydrogen-bond acceptors (Lipinski definition) is 3. The highest BCUT2D eigenvalue weighted by Crippen LogP contribution is 2.30. The number of nitrogens with one attached hydrogen (secondary N) is 1. The monoisotopic (exact) mass is 316 g/mol. The van der Waals surface area contributed by atoms with Gasteiger partial charge in [-0.15, -0.1) is 0 Å². The van der Waals surface area contributed by atoms with Gasteiger partial charge in [0.15, 0.2) is 0 Å². The molecule has 1 aliphatic rings. The van der Waals surface area contributed by atoms with Crippen molar-refractivity contribution in [2.24, 2.45) is 11.8 Å². The lowest BCUT2D eigenvalue weighted by atomic mass is 10.1. The number of anilines is 1. The fraction of sp³-hybridized carbons (Fsp3) is 0.571. The van der Waals surface area contributed by atoms with Crippen LogP contribution in [0.5, 0.6) is 0 Å². The van der Waals surface area contributed by atoms with Crippen LogP contribution < -0.4 is 10.5 Å². The Labute approximate surface area is 125 Å². The highest BCUT2D eigenvalue weighted by atomic mass is 35.5. The molecule has 1 saturated carbocycles. The van der Waals surface area contributed by atoms with Crippen molar-refractivity contribution in [1.29, 1.82) is 0 Å². The summed E-state index contributed by atoms with van der Waals surface area (Å²) in [7, 11) is -3.52. The SMILES string of the molecule is Cc1cc(S(=O)(=O)NCC2CCC(C)C2)cc(N)c1Cl. The first kappa shape index (κ1) is 15.6. The zero-order chi connectivity index (χ0) is 14.9. The number of benzene rings is 1. The van der Waals surface area contributed by atoms with Crippen LogP contribution in [0.25, 0.3) is 0 Å². The predicted octanol–water partition coefficient (Wildman–Crippen LogP) is 2.95. The molecule has 3 N–H and O–H groups in total. The molecule has 0 amide bonds. The van der Waals surface area contributed by atoms with E-state index in [9.17, 15) is 8.42 Å². The van der Waals surface area contributed by atoms with E-state index < -0.39 is 10.0 Å². The second kappa shape index (κ2) is 5.92. The third-order valence-corrected chi connectivity index (χ3v) is 5.85. The lowest BCUT2D eigenvalue weighted by Crippen LogP contribution is -2.28. The molecule has 4 nitrogen and oxygen atoms in total. The summed E-state index contributed by atoms with van der Waals surface area (Å²) in [5, 5.41) is 0.411. The summed E-state index contributed by atoms with van der Waals surface area (Å²) in [6.07, 6.45) is 3.36. The van der Waals surface area contributed by atoms with Gasteiger partial charge in [0.25, 0.3) is 0 Å². The van der Waals surface area contributed by atoms with Crippen molar-refractivity contribution in [3.05, 3.63) is 22.7 Å². The van der Waals surface area contributed by atoms with E-state index >= 15 is 0 Å². The third kappa shape index (κ3) is 3.45. The van der Waals surface area contributed by atoms with E-state index in [4.69, 9.17) is 17.3 Å². The van der Waals surface area contributed by atoms with Crippen LogP contribution >= 0.6 is 11.6 Å². The molecule has 1 aliphatic carbocycles. The van der Waals surface area contributed by atoms with Gasteiger partial charge in [0.05, 0.1) is 15.6 Å². The molecule has 0 bridgehead atoms. The zero-order valence-corrected chi connectivity index (χ0v) is 13.4. The third-order valence-electron chi connectivity index (χ3n) is 3.93. The maximum atomic E-state index is 12.3. The number of halogens is 1. The second-order valence-corrected chi connectivity index (χ2v) is 7.92. The summed E-state index contributed by atoms with van der Waals surface area (Å²) in [6.45, 7) is 4.45. The lowest BCUT2D eigenvalue weighted by molar-refractivity contribution is 0.498. The van der Waals surface area contributed by atoms with Crippen LogP contribution in [0, 0.1) is 18.8 Å². The molecule has 2 unspecified atom stereocenters. The maximum absolute atomic E-state index is 12.3. The Morgan fingerprint density at radius 3 is 2.65 bits per heavy atom. The van der Waals surface area contributed by atoms with Gasteiger partial charge in [0, 0.05) is 6.54 Å². The van der Waals surface area contributed by atoms with E-state index in [1.165, 1.54) is 12.5 Å². The van der Waals surface area contributed by atoms with Gasteiger partial charge < -0.3 is 5.73 Å². The summed E-state index contributed by atoms with van der Waals surface area (Å²) in [5.74, 6) is 1.13. The predicted molar refractivity (Wildman–Crippen MR) is 82.3 cm³/mol. The number of aryl methyl sites for hydroxylation is 1. The molecule has 0 aliphatic heterocycles. The quantitative estimate of drug-likeness (QED) is 0.839. The van der Waals surface area contributed by atoms with Crippen LogP contribution in [0.1, 0.15) is 31.7 Å². The molecule has 0 saturated heterocycles. The van der Waals surface area contributed by atoms with E-state index in [1.807, 2.05) is 0 Å². The first-order valence-electron chi connectivity index (χ1n) is 6.85. The van der Waals surface area contributed by atoms with Crippen molar-refractivity contribution >= 4 is 27.3 Å². The van der Waals surface area contributed by atoms with Crippen LogP contribution in [0.3, 0.4) is 0 Å². The van der Waals surface area contributed by atoms with Gasteiger partial charge in [-0.25, -0.2) is 13.1 Å². The zero-order valence-electron chi connectivity index (χ0n) is 11.8. The van der Waals surface area contributed by atoms with Crippen molar-refractivity contribution in [3.8, 4) is 0 Å². The summed E-state index contributed by atoms with van der Waals surface area (Å²) in [4.78, 5) is 0.183. The van der Waals surface area contributed by atoms with Crippen molar-refractivity contribution in [3.63, 3.8) is 0 Å². The van der Waals surface area contributed by atoms with Gasteiger partial charge in [-0.1, -0.05) is 24.9 Å². The number of sulfonamides is 1. The summed E-state index contributed by atoms with van der Waals surface area (Å²) in [6, 6.07) is 2.97. The van der Waals surface area contributed by atoms with E-state index in [0.717, 1.165) is 12.8 Å². The number of nitrogen functional groups attached to an aromatic ring is 1. The minimum absolute atomic E-state index is 0.183. The van der Waals surface area contributed by atoms with E-state index in [0.29, 0.717) is 34.7 Å². The Morgan fingerprint density at radius 1 is 1.40 bits per heavy atom. The van der Waals surface area contributed by atoms with E-state index in [2.05, 4.69) is 11.6 Å². The largest absolute Gasteiger partial charge is 0.397 e. The Bertz CT molecular complexity index is 578. The van der Waals surface area contributed by atoms with Gasteiger partial charge in [-0.2, -0.15) is 0 Å². The number of hydrogen-bond donors (Lipinski definition) is 2. The van der Waals surface area contributed by atoms with Gasteiger partial charge in [0.2, 0.25) is 10.0 Å². The van der Waals surface area contributed by atoms with E-state index in [-0.39, 0.29) is 4.90 Å². The Morgan fingerprint density at radius 2 is 2.10 bits per heavy atom. The summed E-state index contributed by atoms with van der Waals surface area (Å²) >= 11 is 5.96. The van der Waals surface area contributed by atoms with Crippen LogP contribution in [0.2, 0.25) is 5.02 Å². The number of rotatable bonds is 4. The van der Waals surface area contributed by atoms with Gasteiger partial charge in [-0.05, 0) is 49.3 Å². The molecule has 2 atom stereocenters. The first-order chi connectivity index (χ1) is 9.29. The van der Waals surface area contributed by atoms with Crippen LogP contribution in [-0.4, -0.2) is 15.0 Å². The average Bonchev–Trinajstić information content (AvgIpc) is 2.79. The summed E-state index contributed by atoms with van der Waals surface area (Å²) in [5.41, 5.74) is 6.69. The molecule has 20 heavy (non-hydrogen) atoms. The van der Waals surface area contributed by atoms with Gasteiger partial charge in [-0.3, -0.25) is 0 Å². The van der Waals surface area contributed by atoms with Crippen molar-refractivity contribution in [2.45, 2.75) is 38.0 Å². The first-order valence-corrected chi connectivity index (χ1v) is 8.71. The molecular weight excluding hydrogens is 296 g/mol. The molecule has 0 radical (unpaired) electrons. The van der Waals surface area contributed by atoms with Crippen molar-refractivity contribution in [1.82, 2.24) is 4.72 Å². The second-order valence-electron chi connectivity index (χ2n) is 5.78. The number of nitrogens with two attached hydrogens (primary N) is 1.